The maximum atomic E-state index is 13.2. The summed E-state index contributed by atoms with van der Waals surface area (Å²) in [5, 5.41) is 2.74. The van der Waals surface area contributed by atoms with Gasteiger partial charge in [-0.2, -0.15) is 0 Å². The first kappa shape index (κ1) is 15.5. The number of halogens is 1. The predicted octanol–water partition coefficient (Wildman–Crippen LogP) is 0.911. The summed E-state index contributed by atoms with van der Waals surface area (Å²) in [6.07, 6.45) is 0.929. The second-order valence-corrected chi connectivity index (χ2v) is 6.06. The van der Waals surface area contributed by atoms with Crippen molar-refractivity contribution in [3.8, 4) is 0 Å². The van der Waals surface area contributed by atoms with E-state index < -0.39 is 11.6 Å². The summed E-state index contributed by atoms with van der Waals surface area (Å²) in [7, 11) is 1.45. The SMILES string of the molecule is CN1C(=O)NC2(CCN(C(=O)Cc3cccc(F)c3)CC2)C1=O. The van der Waals surface area contributed by atoms with Crippen molar-refractivity contribution in [1.82, 2.24) is 15.1 Å². The van der Waals surface area contributed by atoms with E-state index in [4.69, 9.17) is 0 Å². The van der Waals surface area contributed by atoms with E-state index in [0.29, 0.717) is 31.5 Å². The molecule has 1 aromatic carbocycles. The van der Waals surface area contributed by atoms with Crippen molar-refractivity contribution in [3.05, 3.63) is 35.6 Å². The summed E-state index contributed by atoms with van der Waals surface area (Å²) in [5.41, 5.74) is -0.248. The number of benzene rings is 1. The Morgan fingerprint density at radius 1 is 1.30 bits per heavy atom. The Hall–Kier alpha value is -2.44. The van der Waals surface area contributed by atoms with Crippen molar-refractivity contribution in [2.45, 2.75) is 24.8 Å². The fourth-order valence-electron chi connectivity index (χ4n) is 3.17. The summed E-state index contributed by atoms with van der Waals surface area (Å²) < 4.78 is 13.2. The summed E-state index contributed by atoms with van der Waals surface area (Å²) in [6.45, 7) is 0.794. The minimum absolute atomic E-state index is 0.101. The molecular weight excluding hydrogens is 301 g/mol. The van der Waals surface area contributed by atoms with Gasteiger partial charge in [0.05, 0.1) is 6.42 Å². The first-order valence-corrected chi connectivity index (χ1v) is 7.54. The van der Waals surface area contributed by atoms with Crippen LogP contribution in [0.15, 0.2) is 24.3 Å². The van der Waals surface area contributed by atoms with Crippen LogP contribution in [0.1, 0.15) is 18.4 Å². The van der Waals surface area contributed by atoms with Crippen molar-refractivity contribution >= 4 is 17.8 Å². The second kappa shape index (κ2) is 5.64. The minimum atomic E-state index is -0.874. The van der Waals surface area contributed by atoms with Crippen LogP contribution in [0.3, 0.4) is 0 Å². The van der Waals surface area contributed by atoms with Gasteiger partial charge in [0, 0.05) is 20.1 Å². The lowest BCUT2D eigenvalue weighted by atomic mass is 9.87. The summed E-state index contributed by atoms with van der Waals surface area (Å²) in [4.78, 5) is 38.9. The van der Waals surface area contributed by atoms with Gasteiger partial charge in [-0.05, 0) is 30.5 Å². The first-order chi connectivity index (χ1) is 10.9. The number of hydrogen-bond donors (Lipinski definition) is 1. The van der Waals surface area contributed by atoms with Crippen LogP contribution < -0.4 is 5.32 Å². The molecule has 2 aliphatic rings. The van der Waals surface area contributed by atoms with Gasteiger partial charge in [-0.15, -0.1) is 0 Å². The third-order valence-corrected chi connectivity index (χ3v) is 4.58. The van der Waals surface area contributed by atoms with Crippen LogP contribution in [-0.4, -0.2) is 53.3 Å². The van der Waals surface area contributed by atoms with Crippen LogP contribution in [0.2, 0.25) is 0 Å². The molecule has 6 nitrogen and oxygen atoms in total. The monoisotopic (exact) mass is 319 g/mol. The van der Waals surface area contributed by atoms with Crippen molar-refractivity contribution in [2.75, 3.05) is 20.1 Å². The molecule has 0 aliphatic carbocycles. The van der Waals surface area contributed by atoms with E-state index in [-0.39, 0.29) is 24.1 Å². The molecule has 1 aromatic rings. The molecule has 0 aromatic heterocycles. The van der Waals surface area contributed by atoms with Gasteiger partial charge in [0.25, 0.3) is 5.91 Å². The summed E-state index contributed by atoms with van der Waals surface area (Å²) in [6, 6.07) is 5.57. The molecular formula is C16H18FN3O3. The molecule has 2 aliphatic heterocycles. The third-order valence-electron chi connectivity index (χ3n) is 4.58. The molecule has 0 unspecified atom stereocenters. The minimum Gasteiger partial charge on any atom is -0.342 e. The zero-order valence-corrected chi connectivity index (χ0v) is 12.8. The van der Waals surface area contributed by atoms with E-state index in [1.807, 2.05) is 0 Å². The van der Waals surface area contributed by atoms with E-state index in [0.717, 1.165) is 4.90 Å². The van der Waals surface area contributed by atoms with Crippen LogP contribution in [0.25, 0.3) is 0 Å². The number of nitrogens with one attached hydrogen (secondary N) is 1. The Morgan fingerprint density at radius 3 is 2.57 bits per heavy atom. The van der Waals surface area contributed by atoms with E-state index >= 15 is 0 Å². The number of nitrogens with zero attached hydrogens (tertiary/aromatic N) is 2. The van der Waals surface area contributed by atoms with Gasteiger partial charge in [-0.25, -0.2) is 9.18 Å². The third kappa shape index (κ3) is 2.78. The highest BCUT2D eigenvalue weighted by molar-refractivity contribution is 6.06. The lowest BCUT2D eigenvalue weighted by Gasteiger charge is -2.37. The lowest BCUT2D eigenvalue weighted by molar-refractivity contribution is -0.137. The highest BCUT2D eigenvalue weighted by atomic mass is 19.1. The second-order valence-electron chi connectivity index (χ2n) is 6.06. The van der Waals surface area contributed by atoms with Gasteiger partial charge < -0.3 is 10.2 Å². The van der Waals surface area contributed by atoms with E-state index in [9.17, 15) is 18.8 Å². The lowest BCUT2D eigenvalue weighted by Crippen LogP contribution is -2.56. The van der Waals surface area contributed by atoms with Gasteiger partial charge in [0.15, 0.2) is 0 Å². The van der Waals surface area contributed by atoms with Crippen LogP contribution in [0, 0.1) is 5.82 Å². The van der Waals surface area contributed by atoms with Crippen LogP contribution in [0.5, 0.6) is 0 Å². The topological polar surface area (TPSA) is 69.7 Å². The van der Waals surface area contributed by atoms with Crippen LogP contribution in [0.4, 0.5) is 9.18 Å². The Balaban J connectivity index is 1.62. The number of hydrogen-bond acceptors (Lipinski definition) is 3. The van der Waals surface area contributed by atoms with Crippen LogP contribution >= 0.6 is 0 Å². The van der Waals surface area contributed by atoms with Gasteiger partial charge in [-0.3, -0.25) is 14.5 Å². The van der Waals surface area contributed by atoms with Crippen molar-refractivity contribution in [2.24, 2.45) is 0 Å². The normalized spacial score (nSPS) is 20.1. The number of carbonyl (C=O) groups is 3. The molecule has 0 radical (unpaired) electrons. The zero-order chi connectivity index (χ0) is 16.6. The van der Waals surface area contributed by atoms with Crippen molar-refractivity contribution in [3.63, 3.8) is 0 Å². The van der Waals surface area contributed by atoms with Gasteiger partial charge in [-0.1, -0.05) is 12.1 Å². The Labute approximate surface area is 133 Å². The van der Waals surface area contributed by atoms with Gasteiger partial charge in [0.1, 0.15) is 11.4 Å². The van der Waals surface area contributed by atoms with Crippen molar-refractivity contribution < 1.29 is 18.8 Å². The fraction of sp³-hybridized carbons (Fsp3) is 0.438. The Kier molecular flexibility index (Phi) is 3.79. The fourth-order valence-corrected chi connectivity index (χ4v) is 3.17. The van der Waals surface area contributed by atoms with E-state index in [1.54, 1.807) is 17.0 Å². The molecule has 0 bridgehead atoms. The standard InChI is InChI=1S/C16H18FN3O3/c1-19-14(22)16(18-15(19)23)5-7-20(8-6-16)13(21)10-11-3-2-4-12(17)9-11/h2-4,9H,5-8,10H2,1H3,(H,18,23). The smallest absolute Gasteiger partial charge is 0.324 e. The van der Waals surface area contributed by atoms with E-state index in [2.05, 4.69) is 5.32 Å². The Bertz CT molecular complexity index is 668. The molecule has 4 amide bonds. The number of piperidine rings is 1. The molecule has 23 heavy (non-hydrogen) atoms. The Morgan fingerprint density at radius 2 is 2.00 bits per heavy atom. The quantitative estimate of drug-likeness (QED) is 0.824. The number of urea groups is 1. The molecule has 122 valence electrons. The molecule has 3 rings (SSSR count). The van der Waals surface area contributed by atoms with Gasteiger partial charge >= 0.3 is 6.03 Å². The molecule has 1 N–H and O–H groups in total. The molecule has 0 saturated carbocycles. The number of amides is 4. The molecule has 2 saturated heterocycles. The average molecular weight is 319 g/mol. The highest BCUT2D eigenvalue weighted by Gasteiger charge is 2.51. The summed E-state index contributed by atoms with van der Waals surface area (Å²) in [5.74, 6) is -0.703. The van der Waals surface area contributed by atoms with Crippen LogP contribution in [-0.2, 0) is 16.0 Å². The molecule has 7 heteroatoms. The first-order valence-electron chi connectivity index (χ1n) is 7.54. The molecule has 1 spiro atoms. The average Bonchev–Trinajstić information content (AvgIpc) is 2.72. The number of likely N-dealkylation sites (N-methyl/N-ethyl adjacent to an activating group) is 1. The number of carbonyl (C=O) groups excluding carboxylic acids is 3. The largest absolute Gasteiger partial charge is 0.342 e. The van der Waals surface area contributed by atoms with Gasteiger partial charge in [0.2, 0.25) is 5.91 Å². The maximum Gasteiger partial charge on any atom is 0.324 e. The zero-order valence-electron chi connectivity index (χ0n) is 12.8. The maximum absolute atomic E-state index is 13.2. The van der Waals surface area contributed by atoms with Crippen molar-refractivity contribution in [1.29, 1.82) is 0 Å². The molecule has 0 atom stereocenters. The number of imide groups is 1. The van der Waals surface area contributed by atoms with E-state index in [1.165, 1.54) is 19.2 Å². The molecule has 2 heterocycles. The molecule has 2 fully saturated rings. The summed E-state index contributed by atoms with van der Waals surface area (Å²) >= 11 is 0. The predicted molar refractivity (Wildman–Crippen MR) is 80.0 cm³/mol. The highest BCUT2D eigenvalue weighted by Crippen LogP contribution is 2.29. The number of rotatable bonds is 2. The number of likely N-dealkylation sites (tertiary alicyclic amines) is 1.